The highest BCUT2D eigenvalue weighted by Gasteiger charge is 2.11. The number of ether oxygens (including phenoxy) is 1. The molecule has 1 heterocycles. The zero-order valence-electron chi connectivity index (χ0n) is 7.44. The summed E-state index contributed by atoms with van der Waals surface area (Å²) >= 11 is 5.88. The predicted octanol–water partition coefficient (Wildman–Crippen LogP) is 3.07. The van der Waals surface area contributed by atoms with Crippen LogP contribution in [0.1, 0.15) is 5.56 Å². The molecule has 0 fully saturated rings. The van der Waals surface area contributed by atoms with E-state index in [9.17, 15) is 0 Å². The summed E-state index contributed by atoms with van der Waals surface area (Å²) in [6.45, 7) is 0. The Morgan fingerprint density at radius 1 is 1.57 bits per heavy atom. The van der Waals surface area contributed by atoms with Crippen molar-refractivity contribution < 1.29 is 4.74 Å². The number of benzene rings is 1. The highest BCUT2D eigenvalue weighted by molar-refractivity contribution is 7.80. The fraction of sp³-hybridized carbons (Fsp3) is 0.100. The summed E-state index contributed by atoms with van der Waals surface area (Å²) < 4.78 is 6.20. The van der Waals surface area contributed by atoms with Crippen LogP contribution in [-0.4, -0.2) is 7.11 Å². The van der Waals surface area contributed by atoms with Crippen molar-refractivity contribution >= 4 is 34.1 Å². The van der Waals surface area contributed by atoms with E-state index in [0.29, 0.717) is 11.3 Å². The number of thiophene rings is 1. The summed E-state index contributed by atoms with van der Waals surface area (Å²) in [5.74, 6) is 0.648. The first-order chi connectivity index (χ1) is 6.77. The van der Waals surface area contributed by atoms with Gasteiger partial charge in [0.2, 0.25) is 0 Å². The second-order valence-electron chi connectivity index (χ2n) is 2.75. The summed E-state index contributed by atoms with van der Waals surface area (Å²) in [6, 6.07) is 5.81. The summed E-state index contributed by atoms with van der Waals surface area (Å²) in [5.41, 5.74) is 0.535. The topological polar surface area (TPSA) is 33.0 Å². The fourth-order valence-electron chi connectivity index (χ4n) is 1.37. The van der Waals surface area contributed by atoms with Crippen molar-refractivity contribution in [3.05, 3.63) is 23.1 Å². The predicted molar refractivity (Wildman–Crippen MR) is 60.3 cm³/mol. The summed E-state index contributed by atoms with van der Waals surface area (Å²) in [4.78, 5) is 0.818. The van der Waals surface area contributed by atoms with E-state index in [4.69, 9.17) is 10.00 Å². The minimum absolute atomic E-state index is 0.535. The largest absolute Gasteiger partial charge is 0.494 e. The lowest BCUT2D eigenvalue weighted by Crippen LogP contribution is -1.88. The molecule has 0 bridgehead atoms. The van der Waals surface area contributed by atoms with Crippen LogP contribution in [0, 0.1) is 11.3 Å². The smallest absolute Gasteiger partial charge is 0.154 e. The van der Waals surface area contributed by atoms with Crippen LogP contribution in [0.2, 0.25) is 0 Å². The van der Waals surface area contributed by atoms with Gasteiger partial charge in [-0.15, -0.1) is 24.0 Å². The second kappa shape index (κ2) is 3.52. The second-order valence-corrected chi connectivity index (χ2v) is 4.15. The monoisotopic (exact) mass is 221 g/mol. The highest BCUT2D eigenvalue weighted by Crippen LogP contribution is 2.37. The molecule has 2 rings (SSSR count). The number of thiol groups is 1. The number of hydrogen-bond acceptors (Lipinski definition) is 4. The van der Waals surface area contributed by atoms with E-state index in [1.807, 2.05) is 11.4 Å². The molecule has 0 spiro atoms. The Labute approximate surface area is 91.1 Å². The first-order valence-corrected chi connectivity index (χ1v) is 5.28. The van der Waals surface area contributed by atoms with E-state index in [2.05, 4.69) is 18.7 Å². The third-order valence-corrected chi connectivity index (χ3v) is 3.28. The number of hydrogen-bond donors (Lipinski definition) is 1. The normalized spacial score (nSPS) is 10.1. The summed E-state index contributed by atoms with van der Waals surface area (Å²) in [7, 11) is 1.58. The van der Waals surface area contributed by atoms with Crippen molar-refractivity contribution in [3.8, 4) is 11.8 Å². The zero-order valence-corrected chi connectivity index (χ0v) is 9.15. The van der Waals surface area contributed by atoms with Gasteiger partial charge < -0.3 is 4.74 Å². The molecule has 0 atom stereocenters. The maximum Gasteiger partial charge on any atom is 0.154 e. The molecule has 0 aliphatic carbocycles. The van der Waals surface area contributed by atoms with Gasteiger partial charge in [0.05, 0.1) is 17.4 Å². The van der Waals surface area contributed by atoms with Gasteiger partial charge in [-0.05, 0) is 17.5 Å². The van der Waals surface area contributed by atoms with Gasteiger partial charge >= 0.3 is 0 Å². The van der Waals surface area contributed by atoms with Gasteiger partial charge in [-0.25, -0.2) is 0 Å². The maximum absolute atomic E-state index is 8.91. The van der Waals surface area contributed by atoms with Gasteiger partial charge in [0.1, 0.15) is 6.07 Å². The molecule has 0 saturated carbocycles. The molecule has 0 radical (unpaired) electrons. The third kappa shape index (κ3) is 1.26. The quantitative estimate of drug-likeness (QED) is 0.751. The zero-order chi connectivity index (χ0) is 10.1. The molecular formula is C10H7NOS2. The number of methoxy groups -OCH3 is 1. The molecule has 0 amide bonds. The van der Waals surface area contributed by atoms with Gasteiger partial charge in [-0.1, -0.05) is 0 Å². The van der Waals surface area contributed by atoms with Gasteiger partial charge in [0.25, 0.3) is 0 Å². The minimum Gasteiger partial charge on any atom is -0.494 e. The van der Waals surface area contributed by atoms with Crippen molar-refractivity contribution in [2.24, 2.45) is 0 Å². The van der Waals surface area contributed by atoms with Gasteiger partial charge in [-0.3, -0.25) is 0 Å². The van der Waals surface area contributed by atoms with Crippen LogP contribution in [0.15, 0.2) is 22.4 Å². The van der Waals surface area contributed by atoms with E-state index in [1.54, 1.807) is 24.5 Å². The summed E-state index contributed by atoms with van der Waals surface area (Å²) in [5, 5.41) is 11.9. The molecule has 2 aromatic rings. The Balaban J connectivity index is 2.90. The third-order valence-electron chi connectivity index (χ3n) is 2.00. The van der Waals surface area contributed by atoms with E-state index < -0.39 is 0 Å². The molecule has 14 heavy (non-hydrogen) atoms. The van der Waals surface area contributed by atoms with Crippen LogP contribution >= 0.6 is 24.0 Å². The number of fused-ring (bicyclic) bond motifs is 1. The van der Waals surface area contributed by atoms with E-state index in [-0.39, 0.29) is 0 Å². The average molecular weight is 221 g/mol. The minimum atomic E-state index is 0.535. The van der Waals surface area contributed by atoms with E-state index in [0.717, 1.165) is 15.0 Å². The van der Waals surface area contributed by atoms with Gasteiger partial charge in [-0.2, -0.15) is 5.26 Å². The maximum atomic E-state index is 8.91. The Morgan fingerprint density at radius 2 is 2.36 bits per heavy atom. The Hall–Kier alpha value is -1.18. The number of nitrogens with zero attached hydrogens (tertiary/aromatic N) is 1. The average Bonchev–Trinajstić information content (AvgIpc) is 2.66. The standard InChI is InChI=1S/C10H7NOS2/c1-12-9-6(5-11)4-8(13)7-2-3-14-10(7)9/h2-4,13H,1H3. The van der Waals surface area contributed by atoms with Crippen molar-refractivity contribution in [1.29, 1.82) is 5.26 Å². The Morgan fingerprint density at radius 3 is 3.00 bits per heavy atom. The molecule has 0 unspecified atom stereocenters. The van der Waals surface area contributed by atoms with Crippen LogP contribution < -0.4 is 4.74 Å². The van der Waals surface area contributed by atoms with Crippen molar-refractivity contribution in [2.45, 2.75) is 4.90 Å². The SMILES string of the molecule is COc1c(C#N)cc(S)c2ccsc12. The highest BCUT2D eigenvalue weighted by atomic mass is 32.1. The van der Waals surface area contributed by atoms with Crippen LogP contribution in [0.5, 0.6) is 5.75 Å². The van der Waals surface area contributed by atoms with Gasteiger partial charge in [0.15, 0.2) is 5.75 Å². The number of rotatable bonds is 1. The molecule has 4 heteroatoms. The fourth-order valence-corrected chi connectivity index (χ4v) is 2.71. The van der Waals surface area contributed by atoms with Crippen LogP contribution in [-0.2, 0) is 0 Å². The first kappa shape index (κ1) is 9.38. The van der Waals surface area contributed by atoms with Crippen LogP contribution in [0.25, 0.3) is 10.1 Å². The van der Waals surface area contributed by atoms with Crippen molar-refractivity contribution in [1.82, 2.24) is 0 Å². The van der Waals surface area contributed by atoms with E-state index >= 15 is 0 Å². The van der Waals surface area contributed by atoms with E-state index in [1.165, 1.54) is 0 Å². The van der Waals surface area contributed by atoms with Crippen LogP contribution in [0.3, 0.4) is 0 Å². The molecule has 1 aromatic carbocycles. The molecule has 1 aromatic heterocycles. The molecule has 0 aliphatic rings. The molecule has 0 N–H and O–H groups in total. The first-order valence-electron chi connectivity index (χ1n) is 3.95. The van der Waals surface area contributed by atoms with Gasteiger partial charge in [0, 0.05) is 10.3 Å². The lowest BCUT2D eigenvalue weighted by atomic mass is 10.1. The number of nitriles is 1. The Kier molecular flexibility index (Phi) is 2.36. The van der Waals surface area contributed by atoms with Crippen LogP contribution in [0.4, 0.5) is 0 Å². The Bertz CT molecular complexity index is 525. The van der Waals surface area contributed by atoms with Crippen molar-refractivity contribution in [3.63, 3.8) is 0 Å². The summed E-state index contributed by atoms with van der Waals surface area (Å²) in [6.07, 6.45) is 0. The molecule has 70 valence electrons. The lowest BCUT2D eigenvalue weighted by Gasteiger charge is -2.05. The van der Waals surface area contributed by atoms with Crippen molar-refractivity contribution in [2.75, 3.05) is 7.11 Å². The molecule has 2 nitrogen and oxygen atoms in total. The lowest BCUT2D eigenvalue weighted by molar-refractivity contribution is 0.419. The molecule has 0 aliphatic heterocycles. The molecule has 0 saturated heterocycles. The molecular weight excluding hydrogens is 214 g/mol.